The van der Waals surface area contributed by atoms with Gasteiger partial charge in [-0.2, -0.15) is 0 Å². The van der Waals surface area contributed by atoms with E-state index in [1.165, 1.54) is 48.5 Å². The van der Waals surface area contributed by atoms with Crippen molar-refractivity contribution in [3.05, 3.63) is 59.7 Å². The van der Waals surface area contributed by atoms with Crippen molar-refractivity contribution in [1.29, 1.82) is 0 Å². The molecule has 0 fully saturated rings. The Kier molecular flexibility index (Phi) is 5.13. The Balaban J connectivity index is 2.73. The molecule has 6 nitrogen and oxygen atoms in total. The summed E-state index contributed by atoms with van der Waals surface area (Å²) in [6.45, 7) is 3.46. The van der Waals surface area contributed by atoms with E-state index in [4.69, 9.17) is 0 Å². The molecule has 136 valence electrons. The number of rotatable bonds is 5. The molecule has 2 aromatic rings. The molecular formula is C16H18O6S3. The molecule has 0 amide bonds. The van der Waals surface area contributed by atoms with E-state index in [1.807, 2.05) is 0 Å². The molecule has 0 spiro atoms. The molecule has 0 unspecified atom stereocenters. The van der Waals surface area contributed by atoms with Crippen molar-refractivity contribution >= 4 is 29.5 Å². The van der Waals surface area contributed by atoms with Gasteiger partial charge in [0.15, 0.2) is 9.84 Å². The van der Waals surface area contributed by atoms with E-state index in [2.05, 4.69) is 0 Å². The highest BCUT2D eigenvalue weighted by atomic mass is 32.3. The van der Waals surface area contributed by atoms with E-state index in [0.29, 0.717) is 6.26 Å². The molecule has 0 aliphatic rings. The summed E-state index contributed by atoms with van der Waals surface area (Å²) in [5.74, 6) is 0. The zero-order valence-electron chi connectivity index (χ0n) is 13.9. The Morgan fingerprint density at radius 2 is 0.880 bits per heavy atom. The molecule has 0 bridgehead atoms. The molecular weight excluding hydrogens is 384 g/mol. The lowest BCUT2D eigenvalue weighted by Gasteiger charge is -2.17. The Morgan fingerprint density at radius 3 is 1.12 bits per heavy atom. The molecule has 2 rings (SSSR count). The first-order valence-electron chi connectivity index (χ1n) is 7.17. The van der Waals surface area contributed by atoms with Crippen LogP contribution in [0.15, 0.2) is 58.3 Å². The molecule has 25 heavy (non-hydrogen) atoms. The highest BCUT2D eigenvalue weighted by molar-refractivity contribution is 8.24. The van der Waals surface area contributed by atoms with Crippen LogP contribution >= 0.6 is 0 Å². The Labute approximate surface area is 148 Å². The predicted molar refractivity (Wildman–Crippen MR) is 95.4 cm³/mol. The van der Waals surface area contributed by atoms with Gasteiger partial charge in [0.1, 0.15) is 0 Å². The fraction of sp³-hybridized carbons (Fsp3) is 0.250. The maximum Gasteiger partial charge on any atom is 0.271 e. The van der Waals surface area contributed by atoms with E-state index >= 15 is 0 Å². The molecule has 2 aromatic carbocycles. The molecule has 0 aromatic heterocycles. The maximum absolute atomic E-state index is 12.8. The maximum atomic E-state index is 12.8. The average Bonchev–Trinajstić information content (AvgIpc) is 2.45. The van der Waals surface area contributed by atoms with E-state index in [9.17, 15) is 25.3 Å². The third kappa shape index (κ3) is 3.94. The minimum absolute atomic E-state index is 0.357. The van der Waals surface area contributed by atoms with Crippen LogP contribution in [0, 0.1) is 13.8 Å². The lowest BCUT2D eigenvalue weighted by atomic mass is 10.2. The molecule has 0 radical (unpaired) electrons. The van der Waals surface area contributed by atoms with Gasteiger partial charge in [0.2, 0.25) is 19.7 Å². The average molecular weight is 403 g/mol. The molecule has 0 saturated carbocycles. The van der Waals surface area contributed by atoms with Gasteiger partial charge in [-0.3, -0.25) is 0 Å². The number of aryl methyl sites for hydroxylation is 2. The Bertz CT molecular complexity index is 1000. The minimum Gasteiger partial charge on any atom is -0.227 e. The molecule has 0 N–H and O–H groups in total. The van der Waals surface area contributed by atoms with Gasteiger partial charge < -0.3 is 0 Å². The van der Waals surface area contributed by atoms with Crippen molar-refractivity contribution < 1.29 is 25.3 Å². The van der Waals surface area contributed by atoms with Crippen molar-refractivity contribution in [3.63, 3.8) is 0 Å². The summed E-state index contributed by atoms with van der Waals surface area (Å²) in [5, 5.41) is 0. The summed E-state index contributed by atoms with van der Waals surface area (Å²) in [5.41, 5.74) is 1.52. The predicted octanol–water partition coefficient (Wildman–Crippen LogP) is 1.88. The lowest BCUT2D eigenvalue weighted by molar-refractivity contribution is 0.575. The Morgan fingerprint density at radius 1 is 0.600 bits per heavy atom. The number of hydrogen-bond acceptors (Lipinski definition) is 6. The smallest absolute Gasteiger partial charge is 0.227 e. The Hall–Kier alpha value is -1.71. The van der Waals surface area contributed by atoms with Gasteiger partial charge in [-0.15, -0.1) is 0 Å². The van der Waals surface area contributed by atoms with Crippen molar-refractivity contribution in [2.24, 2.45) is 0 Å². The monoisotopic (exact) mass is 402 g/mol. The SMILES string of the molecule is Cc1ccc(S(=O)(=O)C(S(C)(=O)=O)S(=O)(=O)c2ccc(C)cc2)cc1. The highest BCUT2D eigenvalue weighted by Crippen LogP contribution is 2.29. The third-order valence-electron chi connectivity index (χ3n) is 3.56. The van der Waals surface area contributed by atoms with Gasteiger partial charge in [0.05, 0.1) is 9.79 Å². The number of sulfone groups is 3. The van der Waals surface area contributed by atoms with Crippen LogP contribution in [-0.2, 0) is 29.5 Å². The topological polar surface area (TPSA) is 102 Å². The molecule has 0 saturated heterocycles. The first-order valence-corrected chi connectivity index (χ1v) is 12.2. The van der Waals surface area contributed by atoms with Crippen molar-refractivity contribution in [1.82, 2.24) is 0 Å². The summed E-state index contributed by atoms with van der Waals surface area (Å²) >= 11 is 0. The van der Waals surface area contributed by atoms with Crippen molar-refractivity contribution in [3.8, 4) is 0 Å². The second-order valence-electron chi connectivity index (χ2n) is 5.83. The van der Waals surface area contributed by atoms with Crippen LogP contribution in [0.3, 0.4) is 0 Å². The van der Waals surface area contributed by atoms with Gasteiger partial charge in [-0.1, -0.05) is 35.4 Å². The summed E-state index contributed by atoms with van der Waals surface area (Å²) in [6, 6.07) is 10.7. The zero-order valence-corrected chi connectivity index (χ0v) is 16.3. The molecule has 9 heteroatoms. The number of hydrogen-bond donors (Lipinski definition) is 0. The van der Waals surface area contributed by atoms with Crippen LogP contribution in [0.1, 0.15) is 11.1 Å². The second kappa shape index (κ2) is 6.54. The van der Waals surface area contributed by atoms with Crippen LogP contribution in [0.25, 0.3) is 0 Å². The highest BCUT2D eigenvalue weighted by Gasteiger charge is 2.47. The van der Waals surface area contributed by atoms with Crippen LogP contribution in [0.4, 0.5) is 0 Å². The summed E-state index contributed by atoms with van der Waals surface area (Å²) in [6.07, 6.45) is 0.606. The van der Waals surface area contributed by atoms with E-state index in [0.717, 1.165) is 11.1 Å². The lowest BCUT2D eigenvalue weighted by Crippen LogP contribution is -2.37. The van der Waals surface area contributed by atoms with Gasteiger partial charge in [0.25, 0.3) is 3.91 Å². The first-order chi connectivity index (χ1) is 11.4. The van der Waals surface area contributed by atoms with E-state index in [-0.39, 0.29) is 9.79 Å². The normalized spacial score (nSPS) is 13.1. The molecule has 0 aliphatic heterocycles. The minimum atomic E-state index is -4.67. The second-order valence-corrected chi connectivity index (χ2v) is 12.9. The van der Waals surface area contributed by atoms with Gasteiger partial charge in [0, 0.05) is 6.26 Å². The van der Waals surface area contributed by atoms with Gasteiger partial charge in [-0.05, 0) is 38.1 Å². The van der Waals surface area contributed by atoms with Crippen LogP contribution in [-0.4, -0.2) is 35.4 Å². The van der Waals surface area contributed by atoms with Gasteiger partial charge >= 0.3 is 0 Å². The van der Waals surface area contributed by atoms with Gasteiger partial charge in [-0.25, -0.2) is 25.3 Å². The summed E-state index contributed by atoms with van der Waals surface area (Å²) in [7, 11) is -13.8. The standard InChI is InChI=1S/C16H18O6S3/c1-12-4-8-14(9-5-12)24(19,20)16(23(3,17)18)25(21,22)15-10-6-13(2)7-11-15/h4-11,16H,1-3H3. The fourth-order valence-electron chi connectivity index (χ4n) is 2.31. The van der Waals surface area contributed by atoms with Crippen LogP contribution in [0.2, 0.25) is 0 Å². The van der Waals surface area contributed by atoms with Crippen LogP contribution < -0.4 is 0 Å². The molecule has 0 heterocycles. The number of benzene rings is 2. The van der Waals surface area contributed by atoms with E-state index in [1.54, 1.807) is 13.8 Å². The first kappa shape index (κ1) is 19.6. The van der Waals surface area contributed by atoms with Crippen molar-refractivity contribution in [2.75, 3.05) is 6.26 Å². The van der Waals surface area contributed by atoms with Crippen molar-refractivity contribution in [2.45, 2.75) is 27.6 Å². The molecule has 0 atom stereocenters. The quantitative estimate of drug-likeness (QED) is 0.757. The van der Waals surface area contributed by atoms with Crippen LogP contribution in [0.5, 0.6) is 0 Å². The summed E-state index contributed by atoms with van der Waals surface area (Å²) in [4.78, 5) is -0.714. The fourth-order valence-corrected chi connectivity index (χ4v) is 10.1. The molecule has 0 aliphatic carbocycles. The third-order valence-corrected chi connectivity index (χ3v) is 12.3. The summed E-state index contributed by atoms with van der Waals surface area (Å²) < 4.78 is 73.0. The largest absolute Gasteiger partial charge is 0.271 e. The van der Waals surface area contributed by atoms with E-state index < -0.39 is 33.4 Å². The zero-order chi connectivity index (χ0) is 19.0.